The molecule has 0 aliphatic heterocycles. The van der Waals surface area contributed by atoms with Crippen LogP contribution in [0.5, 0.6) is 0 Å². The summed E-state index contributed by atoms with van der Waals surface area (Å²) in [6, 6.07) is 4.60. The molecule has 2 aromatic rings. The molecular weight excluding hydrogens is 269 g/mol. The molecule has 1 aliphatic carbocycles. The van der Waals surface area contributed by atoms with Crippen LogP contribution in [0.15, 0.2) is 18.2 Å². The van der Waals surface area contributed by atoms with E-state index in [1.165, 1.54) is 6.07 Å². The van der Waals surface area contributed by atoms with Gasteiger partial charge in [0.2, 0.25) is 0 Å². The van der Waals surface area contributed by atoms with Gasteiger partial charge in [-0.3, -0.25) is 0 Å². The Hall–Kier alpha value is -1.46. The zero-order chi connectivity index (χ0) is 13.4. The summed E-state index contributed by atoms with van der Waals surface area (Å²) in [5.74, 6) is 0.0259. The van der Waals surface area contributed by atoms with Crippen molar-refractivity contribution in [2.45, 2.75) is 31.9 Å². The summed E-state index contributed by atoms with van der Waals surface area (Å²) in [7, 11) is 0. The largest absolute Gasteiger partial charge is 0.390 e. The Balaban J connectivity index is 1.97. The van der Waals surface area contributed by atoms with Gasteiger partial charge in [0.15, 0.2) is 0 Å². The number of hydrogen-bond donors (Lipinski definition) is 1. The van der Waals surface area contributed by atoms with Gasteiger partial charge in [-0.25, -0.2) is 9.07 Å². The van der Waals surface area contributed by atoms with Crippen LogP contribution in [0.4, 0.5) is 4.39 Å². The molecule has 6 heteroatoms. The van der Waals surface area contributed by atoms with E-state index >= 15 is 0 Å². The molecule has 0 spiro atoms. The first-order valence-corrected chi connectivity index (χ1v) is 6.54. The highest BCUT2D eigenvalue weighted by Crippen LogP contribution is 2.41. The highest BCUT2D eigenvalue weighted by Gasteiger charge is 2.31. The van der Waals surface area contributed by atoms with Crippen molar-refractivity contribution in [3.8, 4) is 0 Å². The second-order valence-corrected chi connectivity index (χ2v) is 5.12. The third-order valence-electron chi connectivity index (χ3n) is 3.33. The zero-order valence-electron chi connectivity index (χ0n) is 10.2. The highest BCUT2D eigenvalue weighted by atomic mass is 35.5. The summed E-state index contributed by atoms with van der Waals surface area (Å²) in [6.07, 6.45) is 2.12. The fraction of sp³-hybridized carbons (Fsp3) is 0.385. The number of hydrogen-bond acceptors (Lipinski definition) is 3. The van der Waals surface area contributed by atoms with Crippen molar-refractivity contribution in [3.63, 3.8) is 0 Å². The third kappa shape index (κ3) is 2.35. The van der Waals surface area contributed by atoms with Gasteiger partial charge in [0.1, 0.15) is 11.5 Å². The van der Waals surface area contributed by atoms with E-state index in [0.29, 0.717) is 22.2 Å². The second kappa shape index (κ2) is 4.90. The molecule has 1 aromatic heterocycles. The lowest BCUT2D eigenvalue weighted by Crippen LogP contribution is -2.08. The fourth-order valence-electron chi connectivity index (χ4n) is 2.22. The molecule has 1 heterocycles. The average Bonchev–Trinajstić information content (AvgIpc) is 3.15. The van der Waals surface area contributed by atoms with Gasteiger partial charge in [-0.1, -0.05) is 22.9 Å². The molecule has 19 heavy (non-hydrogen) atoms. The maximum Gasteiger partial charge on any atom is 0.129 e. The minimum atomic E-state index is -0.352. The Morgan fingerprint density at radius 1 is 1.42 bits per heavy atom. The molecule has 100 valence electrons. The smallest absolute Gasteiger partial charge is 0.129 e. The van der Waals surface area contributed by atoms with Gasteiger partial charge in [0.25, 0.3) is 0 Å². The van der Waals surface area contributed by atoms with Crippen LogP contribution in [0.25, 0.3) is 0 Å². The third-order valence-corrected chi connectivity index (χ3v) is 3.68. The van der Waals surface area contributed by atoms with Crippen molar-refractivity contribution >= 4 is 11.6 Å². The average molecular weight is 282 g/mol. The van der Waals surface area contributed by atoms with Crippen molar-refractivity contribution in [1.82, 2.24) is 15.0 Å². The number of benzene rings is 1. The van der Waals surface area contributed by atoms with Crippen LogP contribution in [0.2, 0.25) is 5.02 Å². The first-order chi connectivity index (χ1) is 9.20. The highest BCUT2D eigenvalue weighted by molar-refractivity contribution is 6.31. The van der Waals surface area contributed by atoms with E-state index in [0.717, 1.165) is 18.5 Å². The van der Waals surface area contributed by atoms with Crippen molar-refractivity contribution in [2.24, 2.45) is 0 Å². The molecule has 1 fully saturated rings. The summed E-state index contributed by atoms with van der Waals surface area (Å²) in [5, 5.41) is 17.6. The van der Waals surface area contributed by atoms with E-state index < -0.39 is 0 Å². The molecule has 1 N–H and O–H groups in total. The first-order valence-electron chi connectivity index (χ1n) is 6.16. The van der Waals surface area contributed by atoms with Crippen molar-refractivity contribution < 1.29 is 9.50 Å². The van der Waals surface area contributed by atoms with Gasteiger partial charge < -0.3 is 5.11 Å². The Kier molecular flexibility index (Phi) is 3.24. The maximum absolute atomic E-state index is 13.8. The number of rotatable bonds is 4. The number of aromatic nitrogens is 3. The van der Waals surface area contributed by atoms with E-state index in [9.17, 15) is 9.50 Å². The lowest BCUT2D eigenvalue weighted by atomic mass is 10.2. The van der Waals surface area contributed by atoms with E-state index in [4.69, 9.17) is 11.6 Å². The van der Waals surface area contributed by atoms with Gasteiger partial charge in [0.05, 0.1) is 18.8 Å². The molecule has 0 saturated heterocycles. The fourth-order valence-corrected chi connectivity index (χ4v) is 2.44. The standard InChI is InChI=1S/C13H13ClFN3O/c14-10-2-1-3-11(15)9(10)6-18-13(8-4-5-8)12(7-19)16-17-18/h1-3,8,19H,4-7H2. The molecule has 0 amide bonds. The van der Waals surface area contributed by atoms with Gasteiger partial charge in [-0.05, 0) is 25.0 Å². The number of nitrogens with zero attached hydrogens (tertiary/aromatic N) is 3. The van der Waals surface area contributed by atoms with Crippen LogP contribution in [0.1, 0.15) is 35.7 Å². The Morgan fingerprint density at radius 2 is 2.21 bits per heavy atom. The van der Waals surface area contributed by atoms with Gasteiger partial charge in [-0.15, -0.1) is 5.10 Å². The van der Waals surface area contributed by atoms with Gasteiger partial charge in [0, 0.05) is 16.5 Å². The van der Waals surface area contributed by atoms with Crippen LogP contribution < -0.4 is 0 Å². The maximum atomic E-state index is 13.8. The van der Waals surface area contributed by atoms with Gasteiger partial charge >= 0.3 is 0 Å². The summed E-state index contributed by atoms with van der Waals surface area (Å²) in [5.41, 5.74) is 1.89. The van der Waals surface area contributed by atoms with Crippen molar-refractivity contribution in [1.29, 1.82) is 0 Å². The van der Waals surface area contributed by atoms with Crippen LogP contribution in [0, 0.1) is 5.82 Å². The zero-order valence-corrected chi connectivity index (χ0v) is 10.9. The minimum absolute atomic E-state index is 0.142. The summed E-state index contributed by atoms with van der Waals surface area (Å²) in [4.78, 5) is 0. The first kappa shape index (κ1) is 12.6. The number of aliphatic hydroxyl groups is 1. The predicted octanol–water partition coefficient (Wildman–Crippen LogP) is 2.49. The van der Waals surface area contributed by atoms with Crippen LogP contribution in [-0.2, 0) is 13.2 Å². The lowest BCUT2D eigenvalue weighted by molar-refractivity contribution is 0.275. The molecule has 1 aromatic carbocycles. The van der Waals surface area contributed by atoms with E-state index in [2.05, 4.69) is 10.3 Å². The summed E-state index contributed by atoms with van der Waals surface area (Å²) >= 11 is 6.02. The van der Waals surface area contributed by atoms with Crippen LogP contribution in [0.3, 0.4) is 0 Å². The molecule has 0 unspecified atom stereocenters. The van der Waals surface area contributed by atoms with Crippen molar-refractivity contribution in [2.75, 3.05) is 0 Å². The van der Waals surface area contributed by atoms with Crippen LogP contribution >= 0.6 is 11.6 Å². The van der Waals surface area contributed by atoms with E-state index in [1.54, 1.807) is 16.8 Å². The Labute approximate surface area is 114 Å². The summed E-state index contributed by atoms with van der Waals surface area (Å²) < 4.78 is 15.4. The molecule has 4 nitrogen and oxygen atoms in total. The molecular formula is C13H13ClFN3O. The predicted molar refractivity (Wildman–Crippen MR) is 68.4 cm³/mol. The number of aliphatic hydroxyl groups excluding tert-OH is 1. The van der Waals surface area contributed by atoms with E-state index in [-0.39, 0.29) is 19.0 Å². The molecule has 1 saturated carbocycles. The molecule has 3 rings (SSSR count). The quantitative estimate of drug-likeness (QED) is 0.937. The SMILES string of the molecule is OCc1nnn(Cc2c(F)cccc2Cl)c1C1CC1. The Bertz CT molecular complexity index is 590. The summed E-state index contributed by atoms with van der Waals surface area (Å²) in [6.45, 7) is 0.0984. The topological polar surface area (TPSA) is 50.9 Å². The Morgan fingerprint density at radius 3 is 2.84 bits per heavy atom. The van der Waals surface area contributed by atoms with E-state index in [1.807, 2.05) is 0 Å². The second-order valence-electron chi connectivity index (χ2n) is 4.71. The minimum Gasteiger partial charge on any atom is -0.390 e. The van der Waals surface area contributed by atoms with Crippen molar-refractivity contribution in [3.05, 3.63) is 46.0 Å². The molecule has 1 aliphatic rings. The monoisotopic (exact) mass is 281 g/mol. The molecule has 0 radical (unpaired) electrons. The van der Waals surface area contributed by atoms with Crippen LogP contribution in [-0.4, -0.2) is 20.1 Å². The molecule has 0 atom stereocenters. The molecule has 0 bridgehead atoms. The normalized spacial score (nSPS) is 14.9. The number of halogens is 2. The van der Waals surface area contributed by atoms with Gasteiger partial charge in [-0.2, -0.15) is 0 Å². The lowest BCUT2D eigenvalue weighted by Gasteiger charge is -2.09.